The van der Waals surface area contributed by atoms with E-state index in [2.05, 4.69) is 23.6 Å². The summed E-state index contributed by atoms with van der Waals surface area (Å²) in [7, 11) is 0. The van der Waals surface area contributed by atoms with Gasteiger partial charge in [-0.15, -0.1) is 0 Å². The van der Waals surface area contributed by atoms with E-state index in [0.717, 1.165) is 42.1 Å². The van der Waals surface area contributed by atoms with Crippen molar-refractivity contribution in [3.63, 3.8) is 0 Å². The van der Waals surface area contributed by atoms with Crippen LogP contribution in [0.3, 0.4) is 0 Å². The van der Waals surface area contributed by atoms with Crippen LogP contribution < -0.4 is 0 Å². The first-order valence-electron chi connectivity index (χ1n) is 9.50. The van der Waals surface area contributed by atoms with Crippen molar-refractivity contribution in [3.05, 3.63) is 70.4 Å². The number of aryl methyl sites for hydroxylation is 1. The highest BCUT2D eigenvalue weighted by molar-refractivity contribution is 6.04. The van der Waals surface area contributed by atoms with Crippen molar-refractivity contribution in [2.45, 2.75) is 45.1 Å². The quantitative estimate of drug-likeness (QED) is 0.706. The summed E-state index contributed by atoms with van der Waals surface area (Å²) in [5.74, 6) is -0.447. The van der Waals surface area contributed by atoms with E-state index in [4.69, 9.17) is 0 Å². The predicted octanol–water partition coefficient (Wildman–Crippen LogP) is 5.09. The predicted molar refractivity (Wildman–Crippen MR) is 105 cm³/mol. The molecule has 27 heavy (non-hydrogen) atoms. The summed E-state index contributed by atoms with van der Waals surface area (Å²) in [4.78, 5) is 11.9. The number of hydrogen-bond acceptors (Lipinski definition) is 2. The van der Waals surface area contributed by atoms with Crippen LogP contribution in [0.2, 0.25) is 0 Å². The molecule has 4 nitrogen and oxygen atoms in total. The molecule has 136 valence electrons. The third kappa shape index (κ3) is 2.90. The summed E-state index contributed by atoms with van der Waals surface area (Å²) in [6.45, 7) is 2.79. The minimum absolute atomic E-state index is 0.355. The van der Waals surface area contributed by atoms with Crippen molar-refractivity contribution in [3.8, 4) is 6.07 Å². The van der Waals surface area contributed by atoms with Crippen molar-refractivity contribution in [1.29, 1.82) is 5.26 Å². The smallest absolute Gasteiger partial charge is 0.337 e. The number of hydrogen-bond donors (Lipinski definition) is 1. The second-order valence-electron chi connectivity index (χ2n) is 7.27. The summed E-state index contributed by atoms with van der Waals surface area (Å²) >= 11 is 0. The van der Waals surface area contributed by atoms with Crippen molar-refractivity contribution in [1.82, 2.24) is 4.57 Å². The molecule has 1 aromatic heterocycles. The number of carbonyl (C=O) groups is 1. The van der Waals surface area contributed by atoms with Gasteiger partial charge in [-0.1, -0.05) is 31.2 Å². The lowest BCUT2D eigenvalue weighted by Gasteiger charge is -2.25. The van der Waals surface area contributed by atoms with Gasteiger partial charge in [-0.2, -0.15) is 5.26 Å². The molecule has 0 amide bonds. The minimum atomic E-state index is -0.893. The maximum atomic E-state index is 11.9. The number of benzene rings is 2. The number of nitriles is 1. The molecule has 3 aromatic rings. The van der Waals surface area contributed by atoms with Crippen LogP contribution in [0.4, 0.5) is 0 Å². The molecule has 1 unspecified atom stereocenters. The molecule has 0 saturated carbocycles. The first-order chi connectivity index (χ1) is 13.1. The van der Waals surface area contributed by atoms with E-state index in [0.29, 0.717) is 23.6 Å². The fourth-order valence-electron chi connectivity index (χ4n) is 4.55. The zero-order chi connectivity index (χ0) is 19.0. The Balaban J connectivity index is 1.99. The summed E-state index contributed by atoms with van der Waals surface area (Å²) in [5, 5.41) is 20.1. The topological polar surface area (TPSA) is 66.0 Å². The molecule has 1 aliphatic rings. The number of rotatable bonds is 4. The minimum Gasteiger partial charge on any atom is -0.478 e. The molecule has 0 aliphatic heterocycles. The largest absolute Gasteiger partial charge is 0.478 e. The summed E-state index contributed by atoms with van der Waals surface area (Å²) in [6, 6.07) is 15.4. The van der Waals surface area contributed by atoms with Crippen LogP contribution in [0.15, 0.2) is 42.5 Å². The molecule has 2 aromatic carbocycles. The third-order valence-corrected chi connectivity index (χ3v) is 5.72. The van der Waals surface area contributed by atoms with Crippen LogP contribution in [0.5, 0.6) is 0 Å². The van der Waals surface area contributed by atoms with Gasteiger partial charge in [0.25, 0.3) is 0 Å². The van der Waals surface area contributed by atoms with Gasteiger partial charge in [0, 0.05) is 17.6 Å². The van der Waals surface area contributed by atoms with E-state index in [1.54, 1.807) is 12.1 Å². The van der Waals surface area contributed by atoms with Crippen molar-refractivity contribution < 1.29 is 9.90 Å². The van der Waals surface area contributed by atoms with E-state index in [1.807, 2.05) is 24.3 Å². The van der Waals surface area contributed by atoms with Crippen LogP contribution in [0, 0.1) is 11.3 Å². The Hall–Kier alpha value is -3.06. The lowest BCUT2D eigenvalue weighted by molar-refractivity contribution is 0.0698. The normalized spacial score (nSPS) is 16.1. The molecule has 0 saturated heterocycles. The number of fused-ring (bicyclic) bond motifs is 3. The Kier molecular flexibility index (Phi) is 4.45. The lowest BCUT2D eigenvalue weighted by atomic mass is 9.85. The molecule has 0 radical (unpaired) electrons. The molecule has 4 heteroatoms. The molecule has 4 rings (SSSR count). The average Bonchev–Trinajstić information content (AvgIpc) is 3.02. The fourth-order valence-corrected chi connectivity index (χ4v) is 4.55. The molecule has 0 spiro atoms. The molecular weight excluding hydrogens is 336 g/mol. The maximum Gasteiger partial charge on any atom is 0.337 e. The maximum absolute atomic E-state index is 11.9. The van der Waals surface area contributed by atoms with E-state index >= 15 is 0 Å². The summed E-state index contributed by atoms with van der Waals surface area (Å²) < 4.78 is 2.21. The van der Waals surface area contributed by atoms with Gasteiger partial charge >= 0.3 is 5.97 Å². The highest BCUT2D eigenvalue weighted by Gasteiger charge is 2.28. The van der Waals surface area contributed by atoms with Gasteiger partial charge in [0.2, 0.25) is 0 Å². The molecule has 1 N–H and O–H groups in total. The Morgan fingerprint density at radius 3 is 2.85 bits per heavy atom. The van der Waals surface area contributed by atoms with Gasteiger partial charge in [0.15, 0.2) is 0 Å². The van der Waals surface area contributed by atoms with E-state index in [1.165, 1.54) is 11.3 Å². The molecule has 0 bridgehead atoms. The van der Waals surface area contributed by atoms with Gasteiger partial charge in [-0.3, -0.25) is 0 Å². The second-order valence-corrected chi connectivity index (χ2v) is 7.27. The number of carboxylic acid groups (broad SMARTS) is 1. The van der Waals surface area contributed by atoms with Crippen LogP contribution in [-0.2, 0) is 13.0 Å². The molecule has 1 aliphatic carbocycles. The Morgan fingerprint density at radius 2 is 2.11 bits per heavy atom. The Morgan fingerprint density at radius 1 is 1.30 bits per heavy atom. The van der Waals surface area contributed by atoms with Crippen LogP contribution >= 0.6 is 0 Å². The van der Waals surface area contributed by atoms with E-state index < -0.39 is 5.97 Å². The van der Waals surface area contributed by atoms with Crippen molar-refractivity contribution >= 4 is 16.9 Å². The monoisotopic (exact) mass is 358 g/mol. The fraction of sp³-hybridized carbons (Fsp3) is 0.304. The highest BCUT2D eigenvalue weighted by atomic mass is 16.4. The lowest BCUT2D eigenvalue weighted by Crippen LogP contribution is -2.15. The third-order valence-electron chi connectivity index (χ3n) is 5.72. The molecule has 1 atom stereocenters. The van der Waals surface area contributed by atoms with Crippen LogP contribution in [0.25, 0.3) is 10.9 Å². The van der Waals surface area contributed by atoms with Crippen LogP contribution in [0.1, 0.15) is 64.8 Å². The van der Waals surface area contributed by atoms with E-state index in [-0.39, 0.29) is 0 Å². The SMILES string of the molecule is CCC1CCCc2c1n(Cc1cccc(C#N)c1)c1c(C(=O)O)cccc21. The van der Waals surface area contributed by atoms with Gasteiger partial charge in [0.05, 0.1) is 22.7 Å². The standard InChI is InChI=1S/C23H22N2O2/c1-2-17-8-4-9-18-19-10-5-11-20(23(26)27)22(19)25(21(17)18)14-16-7-3-6-15(12-16)13-24/h3,5-7,10-12,17H,2,4,8-9,14H2,1H3,(H,26,27). The number of carboxylic acids is 1. The number of aromatic nitrogens is 1. The zero-order valence-electron chi connectivity index (χ0n) is 15.4. The van der Waals surface area contributed by atoms with Crippen LogP contribution in [-0.4, -0.2) is 15.6 Å². The second kappa shape index (κ2) is 6.92. The first kappa shape index (κ1) is 17.4. The molecule has 1 heterocycles. The van der Waals surface area contributed by atoms with Gasteiger partial charge < -0.3 is 9.67 Å². The Bertz CT molecular complexity index is 1070. The number of para-hydroxylation sites is 1. The average molecular weight is 358 g/mol. The summed E-state index contributed by atoms with van der Waals surface area (Å²) in [6.07, 6.45) is 4.33. The molecule has 0 fully saturated rings. The zero-order valence-corrected chi connectivity index (χ0v) is 15.4. The van der Waals surface area contributed by atoms with E-state index in [9.17, 15) is 15.2 Å². The van der Waals surface area contributed by atoms with Crippen molar-refractivity contribution in [2.75, 3.05) is 0 Å². The van der Waals surface area contributed by atoms with Gasteiger partial charge in [-0.05, 0) is 60.9 Å². The Labute approximate surface area is 158 Å². The van der Waals surface area contributed by atoms with Gasteiger partial charge in [-0.25, -0.2) is 4.79 Å². The summed E-state index contributed by atoms with van der Waals surface area (Å²) in [5.41, 5.74) is 5.42. The van der Waals surface area contributed by atoms with Crippen molar-refractivity contribution in [2.24, 2.45) is 0 Å². The first-order valence-corrected chi connectivity index (χ1v) is 9.50. The molecular formula is C23H22N2O2. The number of aromatic carboxylic acids is 1. The number of nitrogens with zero attached hydrogens (tertiary/aromatic N) is 2. The highest BCUT2D eigenvalue weighted by Crippen LogP contribution is 2.41. The van der Waals surface area contributed by atoms with Gasteiger partial charge in [0.1, 0.15) is 0 Å².